The molecule has 0 bridgehead atoms. The molecule has 0 atom stereocenters. The van der Waals surface area contributed by atoms with Crippen LogP contribution in [0, 0.1) is 6.92 Å². The summed E-state index contributed by atoms with van der Waals surface area (Å²) >= 11 is 5.16. The summed E-state index contributed by atoms with van der Waals surface area (Å²) in [6.45, 7) is 4.34. The lowest BCUT2D eigenvalue weighted by Crippen LogP contribution is -2.18. The van der Waals surface area contributed by atoms with Crippen LogP contribution >= 0.6 is 27.3 Å². The molecule has 2 rings (SSSR count). The molecule has 0 spiro atoms. The highest BCUT2D eigenvalue weighted by Gasteiger charge is 2.10. The minimum Gasteiger partial charge on any atom is -0.383 e. The van der Waals surface area contributed by atoms with Gasteiger partial charge in [0.05, 0.1) is 6.61 Å². The molecule has 0 aliphatic rings. The Hall–Kier alpha value is -0.820. The Morgan fingerprint density at radius 3 is 3.00 bits per heavy atom. The molecule has 0 amide bonds. The summed E-state index contributed by atoms with van der Waals surface area (Å²) in [5.41, 5.74) is 2.33. The summed E-state index contributed by atoms with van der Waals surface area (Å²) in [7, 11) is 1.70. The van der Waals surface area contributed by atoms with Gasteiger partial charge in [0.15, 0.2) is 0 Å². The Kier molecular flexibility index (Phi) is 5.45. The van der Waals surface area contributed by atoms with Crippen LogP contribution < -0.4 is 5.32 Å². The van der Waals surface area contributed by atoms with Crippen LogP contribution in [-0.2, 0) is 11.3 Å². The molecule has 19 heavy (non-hydrogen) atoms. The Bertz CT molecular complexity index is 544. The van der Waals surface area contributed by atoms with Crippen LogP contribution in [0.25, 0.3) is 10.6 Å². The number of aromatic nitrogens is 2. The first-order valence-corrected chi connectivity index (χ1v) is 7.61. The van der Waals surface area contributed by atoms with Gasteiger partial charge in [0, 0.05) is 30.2 Å². The van der Waals surface area contributed by atoms with Gasteiger partial charge in [0.2, 0.25) is 0 Å². The SMILES string of the molecule is COCCNCc1nnc(-c2cccc(Br)c2C)s1. The van der Waals surface area contributed by atoms with Crippen LogP contribution in [0.5, 0.6) is 0 Å². The third-order valence-corrected chi connectivity index (χ3v) is 4.54. The lowest BCUT2D eigenvalue weighted by Gasteiger charge is -2.03. The molecular weight excluding hydrogens is 326 g/mol. The maximum absolute atomic E-state index is 4.98. The van der Waals surface area contributed by atoms with Gasteiger partial charge in [0.1, 0.15) is 10.0 Å². The molecular formula is C13H16BrN3OS. The molecule has 1 aromatic carbocycles. The fraction of sp³-hybridized carbons (Fsp3) is 0.385. The van der Waals surface area contributed by atoms with Gasteiger partial charge in [-0.15, -0.1) is 10.2 Å². The summed E-state index contributed by atoms with van der Waals surface area (Å²) < 4.78 is 6.08. The molecule has 2 aromatic rings. The van der Waals surface area contributed by atoms with E-state index >= 15 is 0 Å². The quantitative estimate of drug-likeness (QED) is 0.820. The second-order valence-corrected chi connectivity index (χ2v) is 6.00. The molecule has 0 aliphatic carbocycles. The second-order valence-electron chi connectivity index (χ2n) is 4.08. The average Bonchev–Trinajstić information content (AvgIpc) is 2.87. The van der Waals surface area contributed by atoms with Crippen LogP contribution in [0.2, 0.25) is 0 Å². The highest BCUT2D eigenvalue weighted by Crippen LogP contribution is 2.30. The normalized spacial score (nSPS) is 10.9. The second kappa shape index (κ2) is 7.09. The third-order valence-electron chi connectivity index (χ3n) is 2.72. The molecule has 102 valence electrons. The fourth-order valence-electron chi connectivity index (χ4n) is 1.64. The Morgan fingerprint density at radius 1 is 1.37 bits per heavy atom. The van der Waals surface area contributed by atoms with Gasteiger partial charge in [-0.2, -0.15) is 0 Å². The van der Waals surface area contributed by atoms with E-state index in [-0.39, 0.29) is 0 Å². The van der Waals surface area contributed by atoms with E-state index in [0.717, 1.165) is 33.1 Å². The molecule has 0 saturated carbocycles. The maximum atomic E-state index is 4.98. The van der Waals surface area contributed by atoms with E-state index in [4.69, 9.17) is 4.74 Å². The number of rotatable bonds is 6. The molecule has 0 unspecified atom stereocenters. The van der Waals surface area contributed by atoms with Crippen LogP contribution in [0.3, 0.4) is 0 Å². The first kappa shape index (κ1) is 14.6. The lowest BCUT2D eigenvalue weighted by molar-refractivity contribution is 0.199. The number of benzene rings is 1. The number of nitrogens with one attached hydrogen (secondary N) is 1. The highest BCUT2D eigenvalue weighted by molar-refractivity contribution is 9.10. The van der Waals surface area contributed by atoms with Crippen LogP contribution in [0.1, 0.15) is 10.6 Å². The van der Waals surface area contributed by atoms with E-state index in [1.807, 2.05) is 12.1 Å². The summed E-state index contributed by atoms with van der Waals surface area (Å²) in [5.74, 6) is 0. The van der Waals surface area contributed by atoms with Crippen molar-refractivity contribution in [2.24, 2.45) is 0 Å². The first-order valence-electron chi connectivity index (χ1n) is 6.00. The Morgan fingerprint density at radius 2 is 2.21 bits per heavy atom. The summed E-state index contributed by atoms with van der Waals surface area (Å²) in [6.07, 6.45) is 0. The van der Waals surface area contributed by atoms with Gasteiger partial charge in [-0.05, 0) is 18.6 Å². The van der Waals surface area contributed by atoms with Gasteiger partial charge in [-0.25, -0.2) is 0 Å². The minimum atomic E-state index is 0.705. The van der Waals surface area contributed by atoms with Crippen molar-refractivity contribution < 1.29 is 4.74 Å². The van der Waals surface area contributed by atoms with Crippen molar-refractivity contribution in [1.82, 2.24) is 15.5 Å². The van der Waals surface area contributed by atoms with Crippen molar-refractivity contribution in [2.45, 2.75) is 13.5 Å². The van der Waals surface area contributed by atoms with E-state index in [1.165, 1.54) is 5.56 Å². The van der Waals surface area contributed by atoms with Gasteiger partial charge >= 0.3 is 0 Å². The largest absolute Gasteiger partial charge is 0.383 e. The number of hydrogen-bond acceptors (Lipinski definition) is 5. The van der Waals surface area contributed by atoms with Crippen LogP contribution in [0.15, 0.2) is 22.7 Å². The maximum Gasteiger partial charge on any atom is 0.148 e. The zero-order chi connectivity index (χ0) is 13.7. The zero-order valence-electron chi connectivity index (χ0n) is 10.9. The molecule has 0 aliphatic heterocycles. The van der Waals surface area contributed by atoms with Gasteiger partial charge in [0.25, 0.3) is 0 Å². The molecule has 1 aromatic heterocycles. The van der Waals surface area contributed by atoms with Crippen molar-refractivity contribution in [3.8, 4) is 10.6 Å². The minimum absolute atomic E-state index is 0.705. The van der Waals surface area contributed by atoms with E-state index < -0.39 is 0 Å². The number of nitrogens with zero attached hydrogens (tertiary/aromatic N) is 2. The topological polar surface area (TPSA) is 47.0 Å². The predicted octanol–water partition coefficient (Wildman–Crippen LogP) is 3.01. The van der Waals surface area contributed by atoms with E-state index in [1.54, 1.807) is 18.4 Å². The first-order chi connectivity index (χ1) is 9.22. The van der Waals surface area contributed by atoms with Crippen molar-refractivity contribution in [3.63, 3.8) is 0 Å². The number of ether oxygens (including phenoxy) is 1. The van der Waals surface area contributed by atoms with E-state index in [0.29, 0.717) is 6.61 Å². The predicted molar refractivity (Wildman–Crippen MR) is 81.4 cm³/mol. The van der Waals surface area contributed by atoms with Gasteiger partial charge < -0.3 is 10.1 Å². The Balaban J connectivity index is 2.06. The van der Waals surface area contributed by atoms with Crippen molar-refractivity contribution in [2.75, 3.05) is 20.3 Å². The third kappa shape index (κ3) is 3.82. The summed E-state index contributed by atoms with van der Waals surface area (Å²) in [6, 6.07) is 6.13. The van der Waals surface area contributed by atoms with Crippen molar-refractivity contribution in [3.05, 3.63) is 33.2 Å². The van der Waals surface area contributed by atoms with Crippen LogP contribution in [0.4, 0.5) is 0 Å². The lowest BCUT2D eigenvalue weighted by atomic mass is 10.1. The zero-order valence-corrected chi connectivity index (χ0v) is 13.3. The molecule has 0 fully saturated rings. The molecule has 0 saturated heterocycles. The smallest absolute Gasteiger partial charge is 0.148 e. The van der Waals surface area contributed by atoms with Gasteiger partial charge in [-0.1, -0.05) is 39.4 Å². The standard InChI is InChI=1S/C13H16BrN3OS/c1-9-10(4-3-5-11(9)14)13-17-16-12(19-13)8-15-6-7-18-2/h3-5,15H,6-8H2,1-2H3. The molecule has 0 radical (unpaired) electrons. The van der Waals surface area contributed by atoms with Crippen molar-refractivity contribution in [1.29, 1.82) is 0 Å². The monoisotopic (exact) mass is 341 g/mol. The number of halogens is 1. The fourth-order valence-corrected chi connectivity index (χ4v) is 2.90. The highest BCUT2D eigenvalue weighted by atomic mass is 79.9. The number of methoxy groups -OCH3 is 1. The molecule has 1 heterocycles. The summed E-state index contributed by atoms with van der Waals surface area (Å²) in [5, 5.41) is 13.7. The van der Waals surface area contributed by atoms with Gasteiger partial charge in [-0.3, -0.25) is 0 Å². The van der Waals surface area contributed by atoms with E-state index in [2.05, 4.69) is 44.4 Å². The van der Waals surface area contributed by atoms with Crippen molar-refractivity contribution >= 4 is 27.3 Å². The average molecular weight is 342 g/mol. The van der Waals surface area contributed by atoms with E-state index in [9.17, 15) is 0 Å². The number of hydrogen-bond donors (Lipinski definition) is 1. The molecule has 1 N–H and O–H groups in total. The van der Waals surface area contributed by atoms with Crippen LogP contribution in [-0.4, -0.2) is 30.5 Å². The molecule has 4 nitrogen and oxygen atoms in total. The Labute approximate surface area is 125 Å². The molecule has 6 heteroatoms. The summed E-state index contributed by atoms with van der Waals surface area (Å²) in [4.78, 5) is 0.